The zero-order valence-corrected chi connectivity index (χ0v) is 14.4. The van der Waals surface area contributed by atoms with Crippen LogP contribution in [-0.4, -0.2) is 62.9 Å². The van der Waals surface area contributed by atoms with Crippen LogP contribution in [0, 0.1) is 0 Å². The average molecular weight is 332 g/mol. The number of amides is 3. The van der Waals surface area contributed by atoms with Crippen LogP contribution in [0.25, 0.3) is 0 Å². The van der Waals surface area contributed by atoms with Crippen molar-refractivity contribution >= 4 is 23.4 Å². The van der Waals surface area contributed by atoms with E-state index in [4.69, 9.17) is 0 Å². The molecule has 1 heterocycles. The number of fused-ring (bicyclic) bond motifs is 1. The van der Waals surface area contributed by atoms with Crippen molar-refractivity contribution in [1.82, 2.24) is 15.5 Å². The molecule has 0 saturated carbocycles. The molecule has 1 aromatic rings. The van der Waals surface area contributed by atoms with Crippen LogP contribution in [0.1, 0.15) is 22.8 Å². The molecule has 1 aliphatic rings. The Labute approximate surface area is 142 Å². The molecule has 1 aliphatic heterocycles. The van der Waals surface area contributed by atoms with Gasteiger partial charge in [0.25, 0.3) is 5.91 Å². The van der Waals surface area contributed by atoms with E-state index in [0.717, 1.165) is 17.8 Å². The van der Waals surface area contributed by atoms with Gasteiger partial charge in [-0.25, -0.2) is 0 Å². The van der Waals surface area contributed by atoms with Crippen LogP contribution < -0.4 is 15.5 Å². The molecule has 0 atom stereocenters. The van der Waals surface area contributed by atoms with E-state index in [1.165, 1.54) is 6.92 Å². The van der Waals surface area contributed by atoms with E-state index in [1.807, 2.05) is 19.2 Å². The number of rotatable bonds is 6. The number of carbonyl (C=O) groups is 3. The molecule has 130 valence electrons. The normalized spacial score (nSPS) is 12.7. The number of hydrogen-bond donors (Lipinski definition) is 2. The van der Waals surface area contributed by atoms with Crippen LogP contribution in [0.3, 0.4) is 0 Å². The summed E-state index contributed by atoms with van der Waals surface area (Å²) in [5.41, 5.74) is 2.43. The first-order valence-corrected chi connectivity index (χ1v) is 8.02. The first-order valence-electron chi connectivity index (χ1n) is 8.02. The average Bonchev–Trinajstić information content (AvgIpc) is 2.99. The first-order chi connectivity index (χ1) is 11.4. The Bertz CT molecular complexity index is 645. The van der Waals surface area contributed by atoms with Gasteiger partial charge in [-0.1, -0.05) is 0 Å². The van der Waals surface area contributed by atoms with Crippen molar-refractivity contribution in [2.45, 2.75) is 13.3 Å². The third kappa shape index (κ3) is 4.11. The van der Waals surface area contributed by atoms with Crippen molar-refractivity contribution in [2.24, 2.45) is 0 Å². The topological polar surface area (TPSA) is 81.8 Å². The lowest BCUT2D eigenvalue weighted by atomic mass is 10.1. The molecule has 0 bridgehead atoms. The number of benzene rings is 1. The van der Waals surface area contributed by atoms with Crippen LogP contribution in [0.5, 0.6) is 0 Å². The van der Waals surface area contributed by atoms with Crippen molar-refractivity contribution < 1.29 is 14.4 Å². The fourth-order valence-corrected chi connectivity index (χ4v) is 2.69. The summed E-state index contributed by atoms with van der Waals surface area (Å²) in [6.45, 7) is 3.31. The van der Waals surface area contributed by atoms with Crippen LogP contribution >= 0.6 is 0 Å². The summed E-state index contributed by atoms with van der Waals surface area (Å²) in [6, 6.07) is 5.42. The minimum Gasteiger partial charge on any atom is -0.347 e. The molecular weight excluding hydrogens is 308 g/mol. The lowest BCUT2D eigenvalue weighted by molar-refractivity contribution is -0.123. The molecule has 0 radical (unpaired) electrons. The highest BCUT2D eigenvalue weighted by Gasteiger charge is 2.25. The van der Waals surface area contributed by atoms with Crippen LogP contribution in [0.2, 0.25) is 0 Å². The van der Waals surface area contributed by atoms with Crippen molar-refractivity contribution in [3.05, 3.63) is 29.3 Å². The second-order valence-corrected chi connectivity index (χ2v) is 5.88. The van der Waals surface area contributed by atoms with Gasteiger partial charge in [0.2, 0.25) is 11.8 Å². The van der Waals surface area contributed by atoms with E-state index in [1.54, 1.807) is 22.9 Å². The zero-order chi connectivity index (χ0) is 17.7. The molecular formula is C17H24N4O3. The highest BCUT2D eigenvalue weighted by Crippen LogP contribution is 2.29. The van der Waals surface area contributed by atoms with Gasteiger partial charge in [0, 0.05) is 44.9 Å². The molecule has 2 rings (SSSR count). The summed E-state index contributed by atoms with van der Waals surface area (Å²) in [6.07, 6.45) is 0.711. The summed E-state index contributed by atoms with van der Waals surface area (Å²) in [7, 11) is 3.62. The van der Waals surface area contributed by atoms with Gasteiger partial charge in [-0.15, -0.1) is 0 Å². The molecule has 0 fully saturated rings. The Kier molecular flexibility index (Phi) is 5.92. The highest BCUT2D eigenvalue weighted by molar-refractivity contribution is 6.00. The summed E-state index contributed by atoms with van der Waals surface area (Å²) in [5.74, 6) is -0.404. The maximum Gasteiger partial charge on any atom is 0.253 e. The van der Waals surface area contributed by atoms with Crippen molar-refractivity contribution in [3.8, 4) is 0 Å². The molecule has 7 heteroatoms. The SMILES string of the molecule is CNCCN(C)C(=O)c1ccc2c(c1)CCN2C(=O)CNC(C)=O. The molecule has 0 aromatic heterocycles. The van der Waals surface area contributed by atoms with E-state index < -0.39 is 0 Å². The van der Waals surface area contributed by atoms with Gasteiger partial charge in [-0.05, 0) is 37.2 Å². The van der Waals surface area contributed by atoms with Crippen LogP contribution in [0.15, 0.2) is 18.2 Å². The molecule has 0 saturated heterocycles. The number of carbonyl (C=O) groups excluding carboxylic acids is 3. The Morgan fingerprint density at radius 2 is 2.04 bits per heavy atom. The number of anilines is 1. The molecule has 7 nitrogen and oxygen atoms in total. The fraction of sp³-hybridized carbons (Fsp3) is 0.471. The van der Waals surface area contributed by atoms with Crippen LogP contribution in [0.4, 0.5) is 5.69 Å². The van der Waals surface area contributed by atoms with Crippen LogP contribution in [-0.2, 0) is 16.0 Å². The minimum atomic E-state index is -0.228. The van der Waals surface area contributed by atoms with Crippen molar-refractivity contribution in [1.29, 1.82) is 0 Å². The standard InChI is InChI=1S/C17H24N4O3/c1-12(22)19-11-16(23)21-8-6-13-10-14(4-5-15(13)21)17(24)20(3)9-7-18-2/h4-5,10,18H,6-9,11H2,1-3H3,(H,19,22). The van der Waals surface area contributed by atoms with Gasteiger partial charge >= 0.3 is 0 Å². The maximum absolute atomic E-state index is 12.4. The number of likely N-dealkylation sites (N-methyl/N-ethyl adjacent to an activating group) is 2. The fourth-order valence-electron chi connectivity index (χ4n) is 2.69. The largest absolute Gasteiger partial charge is 0.347 e. The van der Waals surface area contributed by atoms with E-state index in [9.17, 15) is 14.4 Å². The second kappa shape index (κ2) is 7.92. The summed E-state index contributed by atoms with van der Waals surface area (Å²) < 4.78 is 0. The van der Waals surface area contributed by atoms with Gasteiger partial charge in [-0.3, -0.25) is 14.4 Å². The Balaban J connectivity index is 2.08. The summed E-state index contributed by atoms with van der Waals surface area (Å²) >= 11 is 0. The van der Waals surface area contributed by atoms with E-state index in [-0.39, 0.29) is 24.3 Å². The second-order valence-electron chi connectivity index (χ2n) is 5.88. The third-order valence-electron chi connectivity index (χ3n) is 4.06. The minimum absolute atomic E-state index is 0.0117. The van der Waals surface area contributed by atoms with Gasteiger partial charge in [-0.2, -0.15) is 0 Å². The van der Waals surface area contributed by atoms with Gasteiger partial charge in [0.1, 0.15) is 0 Å². The Morgan fingerprint density at radius 1 is 1.29 bits per heavy atom. The maximum atomic E-state index is 12.4. The highest BCUT2D eigenvalue weighted by atomic mass is 16.2. The predicted octanol–water partition coefficient (Wildman–Crippen LogP) is 0.00320. The number of nitrogens with zero attached hydrogens (tertiary/aromatic N) is 2. The number of hydrogen-bond acceptors (Lipinski definition) is 4. The summed E-state index contributed by atoms with van der Waals surface area (Å²) in [5, 5.41) is 5.54. The molecule has 2 N–H and O–H groups in total. The molecule has 0 unspecified atom stereocenters. The lowest BCUT2D eigenvalue weighted by Crippen LogP contribution is -2.38. The van der Waals surface area contributed by atoms with E-state index >= 15 is 0 Å². The van der Waals surface area contributed by atoms with Crippen molar-refractivity contribution in [2.75, 3.05) is 45.2 Å². The zero-order valence-electron chi connectivity index (χ0n) is 14.4. The van der Waals surface area contributed by atoms with E-state index in [0.29, 0.717) is 25.1 Å². The molecule has 3 amide bonds. The third-order valence-corrected chi connectivity index (χ3v) is 4.06. The monoisotopic (exact) mass is 332 g/mol. The predicted molar refractivity (Wildman–Crippen MR) is 92.1 cm³/mol. The smallest absolute Gasteiger partial charge is 0.253 e. The molecule has 0 aliphatic carbocycles. The van der Waals surface area contributed by atoms with E-state index in [2.05, 4.69) is 10.6 Å². The van der Waals surface area contributed by atoms with Gasteiger partial charge < -0.3 is 20.4 Å². The Morgan fingerprint density at radius 3 is 2.71 bits per heavy atom. The van der Waals surface area contributed by atoms with Gasteiger partial charge in [0.15, 0.2) is 0 Å². The molecule has 24 heavy (non-hydrogen) atoms. The number of nitrogens with one attached hydrogen (secondary N) is 2. The Hall–Kier alpha value is -2.41. The molecule has 0 spiro atoms. The first kappa shape index (κ1) is 17.9. The van der Waals surface area contributed by atoms with Crippen molar-refractivity contribution in [3.63, 3.8) is 0 Å². The quantitative estimate of drug-likeness (QED) is 0.768. The summed E-state index contributed by atoms with van der Waals surface area (Å²) in [4.78, 5) is 38.9. The lowest BCUT2D eigenvalue weighted by Gasteiger charge is -2.19. The van der Waals surface area contributed by atoms with Gasteiger partial charge in [0.05, 0.1) is 6.54 Å². The molecule has 1 aromatic carbocycles.